The maximum absolute atomic E-state index is 11.9. The fraction of sp³-hybridized carbons (Fsp3) is 0.417. The molecule has 0 aromatic carbocycles. The van der Waals surface area contributed by atoms with Crippen LogP contribution in [0.15, 0.2) is 18.3 Å². The van der Waals surface area contributed by atoms with Crippen LogP contribution in [-0.2, 0) is 16.6 Å². The number of carbonyl (C=O) groups excluding carboxylic acids is 3. The molecule has 1 saturated carbocycles. The number of aryl methyl sites for hydroxylation is 1. The fourth-order valence-electron chi connectivity index (χ4n) is 2.38. The lowest BCUT2D eigenvalue weighted by molar-refractivity contribution is -0.140. The molecule has 17 heavy (non-hydrogen) atoms. The third-order valence-electron chi connectivity index (χ3n) is 3.49. The number of imide groups is 1. The Morgan fingerprint density at radius 3 is 2.53 bits per heavy atom. The molecule has 2 heterocycles. The van der Waals surface area contributed by atoms with E-state index in [1.807, 2.05) is 0 Å². The van der Waals surface area contributed by atoms with Gasteiger partial charge in [-0.1, -0.05) is 0 Å². The average molecular weight is 232 g/mol. The van der Waals surface area contributed by atoms with Crippen molar-refractivity contribution in [1.29, 1.82) is 0 Å². The minimum absolute atomic E-state index is 0.123. The number of fused-ring (bicyclic) bond motifs is 1. The van der Waals surface area contributed by atoms with E-state index in [0.717, 1.165) is 4.90 Å². The Morgan fingerprint density at radius 1 is 1.35 bits per heavy atom. The highest BCUT2D eigenvalue weighted by molar-refractivity contribution is 6.12. The number of likely N-dealkylation sites (tertiary alicyclic amines) is 1. The highest BCUT2D eigenvalue weighted by Crippen LogP contribution is 2.46. The second-order valence-electron chi connectivity index (χ2n) is 4.64. The van der Waals surface area contributed by atoms with Crippen molar-refractivity contribution in [3.8, 4) is 0 Å². The number of carbonyl (C=O) groups is 3. The van der Waals surface area contributed by atoms with Crippen LogP contribution in [0.2, 0.25) is 0 Å². The molecule has 2 amide bonds. The molecule has 1 aromatic rings. The van der Waals surface area contributed by atoms with Crippen molar-refractivity contribution in [1.82, 2.24) is 9.47 Å². The van der Waals surface area contributed by atoms with E-state index in [9.17, 15) is 14.4 Å². The summed E-state index contributed by atoms with van der Waals surface area (Å²) in [7, 11) is 1.76. The van der Waals surface area contributed by atoms with Crippen molar-refractivity contribution < 1.29 is 14.4 Å². The number of aromatic nitrogens is 1. The van der Waals surface area contributed by atoms with Crippen LogP contribution >= 0.6 is 0 Å². The molecule has 2 atom stereocenters. The minimum Gasteiger partial charge on any atom is -0.348 e. The molecule has 1 aliphatic heterocycles. The quantitative estimate of drug-likeness (QED) is 0.553. The molecule has 5 heteroatoms. The number of nitrogens with zero attached hydrogens (tertiary/aromatic N) is 2. The lowest BCUT2D eigenvalue weighted by atomic mass is 10.2. The minimum atomic E-state index is -0.194. The highest BCUT2D eigenvalue weighted by Gasteiger charge is 2.59. The number of amides is 2. The zero-order valence-electron chi connectivity index (χ0n) is 9.42. The Morgan fingerprint density at radius 2 is 2.00 bits per heavy atom. The molecule has 2 unspecified atom stereocenters. The van der Waals surface area contributed by atoms with Crippen LogP contribution in [0, 0.1) is 11.8 Å². The van der Waals surface area contributed by atoms with Crippen LogP contribution in [0.25, 0.3) is 0 Å². The molecule has 2 fully saturated rings. The molecule has 1 aromatic heterocycles. The molecule has 5 nitrogen and oxygen atoms in total. The largest absolute Gasteiger partial charge is 0.348 e. The van der Waals surface area contributed by atoms with E-state index in [-0.39, 0.29) is 36.0 Å². The van der Waals surface area contributed by atoms with Crippen molar-refractivity contribution >= 4 is 17.6 Å². The van der Waals surface area contributed by atoms with E-state index in [1.165, 1.54) is 0 Å². The molecule has 0 spiro atoms. The Balaban J connectivity index is 1.76. The third-order valence-corrected chi connectivity index (χ3v) is 3.49. The summed E-state index contributed by atoms with van der Waals surface area (Å²) in [5.74, 6) is -0.821. The van der Waals surface area contributed by atoms with Gasteiger partial charge in [-0.15, -0.1) is 0 Å². The van der Waals surface area contributed by atoms with Crippen molar-refractivity contribution in [3.05, 3.63) is 24.0 Å². The predicted molar refractivity (Wildman–Crippen MR) is 58.1 cm³/mol. The lowest BCUT2D eigenvalue weighted by Gasteiger charge is -2.15. The Hall–Kier alpha value is -1.91. The standard InChI is InChI=1S/C12H12N2O3/c1-13-4-2-3-9(13)10(15)6-14-11(16)7-5-8(7)12(14)17/h2-4,7-8H,5-6H2,1H3. The molecule has 1 aliphatic carbocycles. The summed E-state index contributed by atoms with van der Waals surface area (Å²) < 4.78 is 1.69. The monoisotopic (exact) mass is 232 g/mol. The first-order valence-electron chi connectivity index (χ1n) is 5.59. The molecule has 3 rings (SSSR count). The summed E-state index contributed by atoms with van der Waals surface area (Å²) >= 11 is 0. The van der Waals surface area contributed by atoms with Gasteiger partial charge in [0.2, 0.25) is 11.8 Å². The lowest BCUT2D eigenvalue weighted by Crippen LogP contribution is -2.37. The summed E-state index contributed by atoms with van der Waals surface area (Å²) in [6, 6.07) is 3.45. The molecule has 88 valence electrons. The van der Waals surface area contributed by atoms with Gasteiger partial charge in [-0.25, -0.2) is 0 Å². The summed E-state index contributed by atoms with van der Waals surface area (Å²) in [5.41, 5.74) is 0.520. The molecule has 2 aliphatic rings. The van der Waals surface area contributed by atoms with Gasteiger partial charge in [0.15, 0.2) is 5.78 Å². The first kappa shape index (κ1) is 10.3. The van der Waals surface area contributed by atoms with Gasteiger partial charge >= 0.3 is 0 Å². The zero-order valence-corrected chi connectivity index (χ0v) is 9.42. The van der Waals surface area contributed by atoms with Crippen molar-refractivity contribution in [2.45, 2.75) is 6.42 Å². The van der Waals surface area contributed by atoms with Crippen LogP contribution in [0.4, 0.5) is 0 Å². The van der Waals surface area contributed by atoms with Crippen LogP contribution in [0.5, 0.6) is 0 Å². The number of rotatable bonds is 3. The Kier molecular flexibility index (Phi) is 1.98. The van der Waals surface area contributed by atoms with E-state index < -0.39 is 0 Å². The first-order chi connectivity index (χ1) is 8.09. The van der Waals surface area contributed by atoms with Crippen LogP contribution in [-0.4, -0.2) is 33.6 Å². The Bertz CT molecular complexity index is 512. The molecular weight excluding hydrogens is 220 g/mol. The Labute approximate surface area is 98.0 Å². The molecule has 0 N–H and O–H groups in total. The summed E-state index contributed by atoms with van der Waals surface area (Å²) in [4.78, 5) is 36.4. The smallest absolute Gasteiger partial charge is 0.233 e. The molecule has 0 radical (unpaired) electrons. The van der Waals surface area contributed by atoms with E-state index >= 15 is 0 Å². The maximum Gasteiger partial charge on any atom is 0.233 e. The summed E-state index contributed by atoms with van der Waals surface area (Å²) in [6.07, 6.45) is 2.44. The van der Waals surface area contributed by atoms with E-state index in [4.69, 9.17) is 0 Å². The van der Waals surface area contributed by atoms with Gasteiger partial charge in [-0.2, -0.15) is 0 Å². The zero-order chi connectivity index (χ0) is 12.2. The van der Waals surface area contributed by atoms with E-state index in [1.54, 1.807) is 29.9 Å². The fourth-order valence-corrected chi connectivity index (χ4v) is 2.38. The van der Waals surface area contributed by atoms with Crippen molar-refractivity contribution in [2.24, 2.45) is 18.9 Å². The highest BCUT2D eigenvalue weighted by atomic mass is 16.2. The summed E-state index contributed by atoms with van der Waals surface area (Å²) in [5, 5.41) is 0. The number of piperidine rings is 1. The average Bonchev–Trinajstić information content (AvgIpc) is 2.93. The number of hydrogen-bond donors (Lipinski definition) is 0. The van der Waals surface area contributed by atoms with E-state index in [2.05, 4.69) is 0 Å². The molecule has 0 bridgehead atoms. The van der Waals surface area contributed by atoms with Crippen LogP contribution in [0.1, 0.15) is 16.9 Å². The summed E-state index contributed by atoms with van der Waals surface area (Å²) in [6.45, 7) is -0.123. The van der Waals surface area contributed by atoms with Crippen LogP contribution in [0.3, 0.4) is 0 Å². The van der Waals surface area contributed by atoms with E-state index in [0.29, 0.717) is 12.1 Å². The number of Topliss-reactive ketones (excluding diaryl/α,β-unsaturated/α-hetero) is 1. The van der Waals surface area contributed by atoms with Gasteiger partial charge in [0.05, 0.1) is 24.1 Å². The topological polar surface area (TPSA) is 59.4 Å². The number of hydrogen-bond acceptors (Lipinski definition) is 3. The van der Waals surface area contributed by atoms with Gasteiger partial charge in [0, 0.05) is 13.2 Å². The molecular formula is C12H12N2O3. The second-order valence-corrected chi connectivity index (χ2v) is 4.64. The molecule has 1 saturated heterocycles. The van der Waals surface area contributed by atoms with Crippen LogP contribution < -0.4 is 0 Å². The third kappa shape index (κ3) is 1.42. The van der Waals surface area contributed by atoms with Gasteiger partial charge in [0.1, 0.15) is 0 Å². The van der Waals surface area contributed by atoms with Gasteiger partial charge in [-0.3, -0.25) is 19.3 Å². The second kappa shape index (κ2) is 3.29. The van der Waals surface area contributed by atoms with Crippen molar-refractivity contribution in [2.75, 3.05) is 6.54 Å². The predicted octanol–water partition coefficient (Wildman–Crippen LogP) is 0.213. The number of ketones is 1. The van der Waals surface area contributed by atoms with Crippen molar-refractivity contribution in [3.63, 3.8) is 0 Å². The van der Waals surface area contributed by atoms with Gasteiger partial charge < -0.3 is 4.57 Å². The SMILES string of the molecule is Cn1cccc1C(=O)CN1C(=O)C2CC2C1=O. The van der Waals surface area contributed by atoms with Gasteiger partial charge in [-0.05, 0) is 18.6 Å². The normalized spacial score (nSPS) is 26.3. The first-order valence-corrected chi connectivity index (χ1v) is 5.59. The van der Waals surface area contributed by atoms with Gasteiger partial charge in [0.25, 0.3) is 0 Å². The maximum atomic E-state index is 11.9.